The quantitative estimate of drug-likeness (QED) is 0.664. The summed E-state index contributed by atoms with van der Waals surface area (Å²) in [5.41, 5.74) is 0.880. The van der Waals surface area contributed by atoms with Crippen LogP contribution in [0, 0.1) is 5.82 Å². The topological polar surface area (TPSA) is 72.1 Å². The van der Waals surface area contributed by atoms with Crippen LogP contribution in [0.4, 0.5) is 4.39 Å². The first-order valence-electron chi connectivity index (χ1n) is 9.07. The first-order valence-corrected chi connectivity index (χ1v) is 9.45. The Bertz CT molecular complexity index is 951. The van der Waals surface area contributed by atoms with Gasteiger partial charge in [-0.15, -0.1) is 0 Å². The Morgan fingerprint density at radius 1 is 1.21 bits per heavy atom. The number of carbonyl (C=O) groups excluding carboxylic acids is 1. The minimum Gasteiger partial charge on any atom is -0.342 e. The van der Waals surface area contributed by atoms with E-state index in [1.54, 1.807) is 17.2 Å². The van der Waals surface area contributed by atoms with Crippen molar-refractivity contribution in [2.45, 2.75) is 25.2 Å². The number of hydrogen-bond donors (Lipinski definition) is 0. The molecule has 1 fully saturated rings. The first kappa shape index (κ1) is 18.6. The van der Waals surface area contributed by atoms with Gasteiger partial charge in [0, 0.05) is 35.8 Å². The molecule has 3 aromatic rings. The SMILES string of the molecule is O=C(Cc1c(F)cccc1Cl)N1CCC(c2noc(-c3ccccn3)n2)CC1. The Morgan fingerprint density at radius 3 is 2.75 bits per heavy atom. The molecule has 0 aliphatic carbocycles. The highest BCUT2D eigenvalue weighted by Crippen LogP contribution is 2.28. The molecule has 3 heterocycles. The summed E-state index contributed by atoms with van der Waals surface area (Å²) in [4.78, 5) is 22.9. The Hall–Kier alpha value is -2.80. The van der Waals surface area contributed by atoms with Crippen molar-refractivity contribution >= 4 is 17.5 Å². The van der Waals surface area contributed by atoms with E-state index in [2.05, 4.69) is 15.1 Å². The lowest BCUT2D eigenvalue weighted by atomic mass is 9.95. The molecular formula is C20H18ClFN4O2. The summed E-state index contributed by atoms with van der Waals surface area (Å²) in [6.45, 7) is 1.12. The summed E-state index contributed by atoms with van der Waals surface area (Å²) in [7, 11) is 0. The number of rotatable bonds is 4. The molecule has 0 saturated carbocycles. The monoisotopic (exact) mass is 400 g/mol. The fourth-order valence-corrected chi connectivity index (χ4v) is 3.58. The van der Waals surface area contributed by atoms with Crippen LogP contribution >= 0.6 is 11.6 Å². The Kier molecular flexibility index (Phi) is 5.34. The number of hydrogen-bond acceptors (Lipinski definition) is 5. The zero-order valence-electron chi connectivity index (χ0n) is 15.0. The lowest BCUT2D eigenvalue weighted by molar-refractivity contribution is -0.131. The number of pyridine rings is 1. The average Bonchev–Trinajstić information content (AvgIpc) is 3.22. The second-order valence-electron chi connectivity index (χ2n) is 6.70. The maximum absolute atomic E-state index is 13.9. The zero-order chi connectivity index (χ0) is 19.5. The Morgan fingerprint density at radius 2 is 2.04 bits per heavy atom. The number of nitrogens with zero attached hydrogens (tertiary/aromatic N) is 4. The van der Waals surface area contributed by atoms with Crippen molar-refractivity contribution in [3.8, 4) is 11.6 Å². The summed E-state index contributed by atoms with van der Waals surface area (Å²) < 4.78 is 19.2. The number of piperidine rings is 1. The molecule has 28 heavy (non-hydrogen) atoms. The molecule has 0 N–H and O–H groups in total. The molecular weight excluding hydrogens is 383 g/mol. The molecule has 1 amide bonds. The third kappa shape index (κ3) is 3.89. The molecule has 144 valence electrons. The van der Waals surface area contributed by atoms with Crippen molar-refractivity contribution in [3.05, 3.63) is 64.8 Å². The van der Waals surface area contributed by atoms with Gasteiger partial charge in [-0.3, -0.25) is 9.78 Å². The maximum Gasteiger partial charge on any atom is 0.276 e. The van der Waals surface area contributed by atoms with Crippen LogP contribution in [0.5, 0.6) is 0 Å². The van der Waals surface area contributed by atoms with Crippen LogP contribution in [0.25, 0.3) is 11.6 Å². The predicted octanol–water partition coefficient (Wildman–Crippen LogP) is 3.87. The van der Waals surface area contributed by atoms with Crippen molar-refractivity contribution in [3.63, 3.8) is 0 Å². The lowest BCUT2D eigenvalue weighted by Crippen LogP contribution is -2.39. The highest BCUT2D eigenvalue weighted by Gasteiger charge is 2.28. The van der Waals surface area contributed by atoms with Gasteiger partial charge in [0.1, 0.15) is 11.5 Å². The van der Waals surface area contributed by atoms with E-state index in [1.807, 2.05) is 18.2 Å². The van der Waals surface area contributed by atoms with Gasteiger partial charge in [-0.25, -0.2) is 4.39 Å². The molecule has 0 unspecified atom stereocenters. The smallest absolute Gasteiger partial charge is 0.276 e. The second kappa shape index (κ2) is 8.06. The third-order valence-electron chi connectivity index (χ3n) is 4.93. The fourth-order valence-electron chi connectivity index (χ4n) is 3.35. The van der Waals surface area contributed by atoms with Gasteiger partial charge in [0.25, 0.3) is 5.89 Å². The highest BCUT2D eigenvalue weighted by molar-refractivity contribution is 6.31. The van der Waals surface area contributed by atoms with E-state index in [0.717, 1.165) is 12.8 Å². The van der Waals surface area contributed by atoms with Crippen LogP contribution < -0.4 is 0 Å². The van der Waals surface area contributed by atoms with Crippen molar-refractivity contribution in [2.24, 2.45) is 0 Å². The molecule has 0 radical (unpaired) electrons. The van der Waals surface area contributed by atoms with Crippen LogP contribution in [-0.2, 0) is 11.2 Å². The fraction of sp³-hybridized carbons (Fsp3) is 0.300. The summed E-state index contributed by atoms with van der Waals surface area (Å²) in [5.74, 6) is 0.549. The summed E-state index contributed by atoms with van der Waals surface area (Å²) in [6.07, 6.45) is 3.07. The normalized spacial score (nSPS) is 15.0. The molecule has 1 saturated heterocycles. The minimum atomic E-state index is -0.454. The van der Waals surface area contributed by atoms with Gasteiger partial charge in [-0.1, -0.05) is 28.9 Å². The number of aromatic nitrogens is 3. The molecule has 8 heteroatoms. The molecule has 6 nitrogen and oxygen atoms in total. The molecule has 4 rings (SSSR count). The molecule has 0 atom stereocenters. The number of amides is 1. The average molecular weight is 401 g/mol. The largest absolute Gasteiger partial charge is 0.342 e. The number of halogens is 2. The second-order valence-corrected chi connectivity index (χ2v) is 7.11. The van der Waals surface area contributed by atoms with Crippen LogP contribution in [0.15, 0.2) is 47.1 Å². The van der Waals surface area contributed by atoms with Crippen molar-refractivity contribution < 1.29 is 13.7 Å². The standard InChI is InChI=1S/C20H18ClFN4O2/c21-15-4-3-5-16(22)14(15)12-18(27)26-10-7-13(8-11-26)19-24-20(28-25-19)17-6-1-2-9-23-17/h1-6,9,13H,7-8,10-12H2. The molecule has 1 aliphatic heterocycles. The van der Waals surface area contributed by atoms with Gasteiger partial charge in [0.2, 0.25) is 5.91 Å². The summed E-state index contributed by atoms with van der Waals surface area (Å²) in [5, 5.41) is 4.36. The van der Waals surface area contributed by atoms with E-state index in [4.69, 9.17) is 16.1 Å². The lowest BCUT2D eigenvalue weighted by Gasteiger charge is -2.30. The van der Waals surface area contributed by atoms with Crippen LogP contribution in [0.1, 0.15) is 30.1 Å². The van der Waals surface area contributed by atoms with Gasteiger partial charge in [-0.05, 0) is 37.1 Å². The van der Waals surface area contributed by atoms with Gasteiger partial charge in [-0.2, -0.15) is 4.98 Å². The van der Waals surface area contributed by atoms with E-state index in [9.17, 15) is 9.18 Å². The van der Waals surface area contributed by atoms with E-state index in [0.29, 0.717) is 30.5 Å². The molecule has 1 aromatic carbocycles. The van der Waals surface area contributed by atoms with E-state index >= 15 is 0 Å². The Balaban J connectivity index is 1.37. The maximum atomic E-state index is 13.9. The molecule has 0 bridgehead atoms. The minimum absolute atomic E-state index is 0.0395. The number of likely N-dealkylation sites (tertiary alicyclic amines) is 1. The van der Waals surface area contributed by atoms with Crippen molar-refractivity contribution in [1.82, 2.24) is 20.0 Å². The molecule has 1 aliphatic rings. The van der Waals surface area contributed by atoms with Crippen LogP contribution in [0.3, 0.4) is 0 Å². The number of benzene rings is 1. The van der Waals surface area contributed by atoms with Crippen molar-refractivity contribution in [1.29, 1.82) is 0 Å². The summed E-state index contributed by atoms with van der Waals surface area (Å²) in [6, 6.07) is 9.93. The van der Waals surface area contributed by atoms with Gasteiger partial charge >= 0.3 is 0 Å². The zero-order valence-corrected chi connectivity index (χ0v) is 15.8. The van der Waals surface area contributed by atoms with Gasteiger partial charge in [0.15, 0.2) is 5.82 Å². The third-order valence-corrected chi connectivity index (χ3v) is 5.28. The number of carbonyl (C=O) groups is 1. The summed E-state index contributed by atoms with van der Waals surface area (Å²) >= 11 is 6.03. The van der Waals surface area contributed by atoms with Crippen LogP contribution in [0.2, 0.25) is 5.02 Å². The highest BCUT2D eigenvalue weighted by atomic mass is 35.5. The van der Waals surface area contributed by atoms with Crippen molar-refractivity contribution in [2.75, 3.05) is 13.1 Å². The van der Waals surface area contributed by atoms with Gasteiger partial charge in [0.05, 0.1) is 6.42 Å². The van der Waals surface area contributed by atoms with E-state index in [-0.39, 0.29) is 28.8 Å². The van der Waals surface area contributed by atoms with Gasteiger partial charge < -0.3 is 9.42 Å². The first-order chi connectivity index (χ1) is 13.6. The van der Waals surface area contributed by atoms with Crippen LogP contribution in [-0.4, -0.2) is 39.0 Å². The molecule has 2 aromatic heterocycles. The van der Waals surface area contributed by atoms with E-state index in [1.165, 1.54) is 12.1 Å². The predicted molar refractivity (Wildman–Crippen MR) is 101 cm³/mol. The van der Waals surface area contributed by atoms with E-state index < -0.39 is 5.82 Å². The Labute approximate surface area is 166 Å². The molecule has 0 spiro atoms.